The summed E-state index contributed by atoms with van der Waals surface area (Å²) in [5, 5.41) is 2.53. The molecule has 0 aromatic rings. The van der Waals surface area contributed by atoms with E-state index in [0.717, 1.165) is 11.6 Å². The normalized spacial score (nSPS) is 28.4. The van der Waals surface area contributed by atoms with Gasteiger partial charge in [0.1, 0.15) is 4.87 Å². The molecule has 0 spiro atoms. The number of nitrogens with one attached hydrogen (secondary N) is 1. The van der Waals surface area contributed by atoms with Crippen molar-refractivity contribution in [2.45, 2.75) is 45.9 Å². The van der Waals surface area contributed by atoms with Crippen molar-refractivity contribution in [3.8, 4) is 0 Å². The minimum Gasteiger partial charge on any atom is -0.273 e. The van der Waals surface area contributed by atoms with Crippen LogP contribution in [-0.2, 0) is 4.79 Å². The van der Waals surface area contributed by atoms with Crippen molar-refractivity contribution >= 4 is 22.8 Å². The number of hydrogen-bond acceptors (Lipinski definition) is 3. The van der Waals surface area contributed by atoms with Crippen LogP contribution in [0.1, 0.15) is 41.0 Å². The Morgan fingerprint density at radius 2 is 2.12 bits per heavy atom. The SMILES string of the molecule is CCC1(C)SC(=NC)NN1C(=O)C(C)(C)C. The van der Waals surface area contributed by atoms with E-state index in [9.17, 15) is 4.79 Å². The lowest BCUT2D eigenvalue weighted by Crippen LogP contribution is -2.53. The van der Waals surface area contributed by atoms with Crippen molar-refractivity contribution < 1.29 is 4.79 Å². The van der Waals surface area contributed by atoms with Gasteiger partial charge >= 0.3 is 0 Å². The van der Waals surface area contributed by atoms with Gasteiger partial charge in [0.05, 0.1) is 0 Å². The van der Waals surface area contributed by atoms with Crippen LogP contribution < -0.4 is 5.43 Å². The second-order valence-electron chi connectivity index (χ2n) is 5.16. The molecule has 0 aromatic carbocycles. The quantitative estimate of drug-likeness (QED) is 0.768. The molecule has 5 heteroatoms. The van der Waals surface area contributed by atoms with E-state index < -0.39 is 0 Å². The summed E-state index contributed by atoms with van der Waals surface area (Å²) in [6.07, 6.45) is 0.880. The molecular weight excluding hydrogens is 222 g/mol. The zero-order valence-electron chi connectivity index (χ0n) is 10.9. The Morgan fingerprint density at radius 3 is 2.50 bits per heavy atom. The van der Waals surface area contributed by atoms with Crippen molar-refractivity contribution in [3.05, 3.63) is 0 Å². The Morgan fingerprint density at radius 1 is 1.56 bits per heavy atom. The van der Waals surface area contributed by atoms with Gasteiger partial charge in [0.15, 0.2) is 5.17 Å². The molecule has 4 nitrogen and oxygen atoms in total. The Bertz CT molecular complexity index is 322. The van der Waals surface area contributed by atoms with Gasteiger partial charge in [-0.1, -0.05) is 39.5 Å². The average Bonchev–Trinajstić information content (AvgIpc) is 2.54. The molecule has 1 rings (SSSR count). The lowest BCUT2D eigenvalue weighted by atomic mass is 9.94. The largest absolute Gasteiger partial charge is 0.273 e. The van der Waals surface area contributed by atoms with E-state index in [2.05, 4.69) is 24.3 Å². The highest BCUT2D eigenvalue weighted by Gasteiger charge is 2.45. The maximum atomic E-state index is 12.3. The number of aliphatic imine (C=N–C) groups is 1. The standard InChI is InChI=1S/C11H21N3OS/c1-7-11(5)14(8(15)10(2,3)4)13-9(12-6)16-11/h7H2,1-6H3,(H,12,13). The Balaban J connectivity index is 2.99. The number of carbonyl (C=O) groups is 1. The van der Waals surface area contributed by atoms with Crippen molar-refractivity contribution in [2.75, 3.05) is 7.05 Å². The summed E-state index contributed by atoms with van der Waals surface area (Å²) in [6.45, 7) is 9.93. The summed E-state index contributed by atoms with van der Waals surface area (Å²) in [7, 11) is 1.73. The van der Waals surface area contributed by atoms with Gasteiger partial charge in [0, 0.05) is 12.5 Å². The first kappa shape index (κ1) is 13.4. The summed E-state index contributed by atoms with van der Waals surface area (Å²) in [5.41, 5.74) is 2.70. The molecule has 1 heterocycles. The number of amidine groups is 1. The summed E-state index contributed by atoms with van der Waals surface area (Å²) in [6, 6.07) is 0. The zero-order chi connectivity index (χ0) is 12.6. The van der Waals surface area contributed by atoms with Gasteiger partial charge in [-0.25, -0.2) is 5.01 Å². The van der Waals surface area contributed by atoms with E-state index in [1.807, 2.05) is 20.8 Å². The summed E-state index contributed by atoms with van der Waals surface area (Å²) in [4.78, 5) is 16.2. The Kier molecular flexibility index (Phi) is 3.57. The van der Waals surface area contributed by atoms with Crippen molar-refractivity contribution in [3.63, 3.8) is 0 Å². The minimum atomic E-state index is -0.382. The van der Waals surface area contributed by atoms with Gasteiger partial charge in [-0.15, -0.1) is 0 Å². The molecule has 1 aliphatic rings. The number of thioether (sulfide) groups is 1. The smallest absolute Gasteiger partial charge is 0.247 e. The second-order valence-corrected chi connectivity index (χ2v) is 6.63. The third kappa shape index (κ3) is 2.34. The lowest BCUT2D eigenvalue weighted by Gasteiger charge is -2.35. The molecule has 0 saturated carbocycles. The lowest BCUT2D eigenvalue weighted by molar-refractivity contribution is -0.144. The van der Waals surface area contributed by atoms with Crippen molar-refractivity contribution in [1.29, 1.82) is 0 Å². The molecule has 0 radical (unpaired) electrons. The summed E-state index contributed by atoms with van der Waals surface area (Å²) in [5.74, 6) is 0.100. The maximum absolute atomic E-state index is 12.3. The molecule has 0 bridgehead atoms. The first-order valence-corrected chi connectivity index (χ1v) is 6.33. The predicted octanol–water partition coefficient (Wildman–Crippen LogP) is 2.22. The summed E-state index contributed by atoms with van der Waals surface area (Å²) >= 11 is 1.61. The topological polar surface area (TPSA) is 44.7 Å². The molecule has 1 atom stereocenters. The van der Waals surface area contributed by atoms with Crippen molar-refractivity contribution in [2.24, 2.45) is 10.4 Å². The second kappa shape index (κ2) is 4.28. The van der Waals surface area contributed by atoms with E-state index in [0.29, 0.717) is 0 Å². The van der Waals surface area contributed by atoms with E-state index in [-0.39, 0.29) is 16.2 Å². The molecule has 1 aliphatic heterocycles. The summed E-state index contributed by atoms with van der Waals surface area (Å²) < 4.78 is 0. The number of hydrazine groups is 1. The maximum Gasteiger partial charge on any atom is 0.247 e. The highest BCUT2D eigenvalue weighted by atomic mass is 32.2. The average molecular weight is 243 g/mol. The van der Waals surface area contributed by atoms with Gasteiger partial charge in [-0.2, -0.15) is 0 Å². The Labute approximate surface area is 102 Å². The van der Waals surface area contributed by atoms with Crippen LogP contribution in [0.25, 0.3) is 0 Å². The fourth-order valence-corrected chi connectivity index (χ4v) is 2.43. The monoisotopic (exact) mass is 243 g/mol. The molecule has 92 valence electrons. The molecule has 1 amide bonds. The number of carbonyl (C=O) groups excluding carboxylic acids is 1. The molecule has 1 unspecified atom stereocenters. The fraction of sp³-hybridized carbons (Fsp3) is 0.818. The predicted molar refractivity (Wildman–Crippen MR) is 69.1 cm³/mol. The Hall–Kier alpha value is -0.710. The molecule has 16 heavy (non-hydrogen) atoms. The molecular formula is C11H21N3OS. The number of hydrogen-bond donors (Lipinski definition) is 1. The third-order valence-electron chi connectivity index (χ3n) is 2.70. The third-order valence-corrected chi connectivity index (χ3v) is 4.08. The van der Waals surface area contributed by atoms with Gasteiger partial charge in [0.2, 0.25) is 5.91 Å². The van der Waals surface area contributed by atoms with Crippen LogP contribution in [0.4, 0.5) is 0 Å². The van der Waals surface area contributed by atoms with Crippen molar-refractivity contribution in [1.82, 2.24) is 10.4 Å². The van der Waals surface area contributed by atoms with Crippen LogP contribution in [0.2, 0.25) is 0 Å². The van der Waals surface area contributed by atoms with Gasteiger partial charge in [0.25, 0.3) is 0 Å². The van der Waals surface area contributed by atoms with Gasteiger partial charge in [-0.3, -0.25) is 15.2 Å². The zero-order valence-corrected chi connectivity index (χ0v) is 11.7. The van der Waals surface area contributed by atoms with E-state index in [1.165, 1.54) is 0 Å². The van der Waals surface area contributed by atoms with E-state index in [1.54, 1.807) is 23.8 Å². The van der Waals surface area contributed by atoms with Gasteiger partial charge < -0.3 is 0 Å². The van der Waals surface area contributed by atoms with Crippen LogP contribution in [0.15, 0.2) is 4.99 Å². The minimum absolute atomic E-state index is 0.100. The molecule has 1 N–H and O–H groups in total. The molecule has 1 fully saturated rings. The highest BCUT2D eigenvalue weighted by molar-refractivity contribution is 8.15. The van der Waals surface area contributed by atoms with Crippen LogP contribution in [-0.4, -0.2) is 28.0 Å². The first-order valence-electron chi connectivity index (χ1n) is 5.51. The molecule has 1 saturated heterocycles. The highest BCUT2D eigenvalue weighted by Crippen LogP contribution is 2.39. The molecule has 0 aromatic heterocycles. The van der Waals surface area contributed by atoms with Crippen LogP contribution in [0.3, 0.4) is 0 Å². The molecule has 0 aliphatic carbocycles. The first-order chi connectivity index (χ1) is 7.24. The number of amides is 1. The number of rotatable bonds is 1. The number of nitrogens with zero attached hydrogens (tertiary/aromatic N) is 2. The van der Waals surface area contributed by atoms with Gasteiger partial charge in [-0.05, 0) is 13.3 Å². The van der Waals surface area contributed by atoms with Crippen LogP contribution >= 0.6 is 11.8 Å². The van der Waals surface area contributed by atoms with Crippen LogP contribution in [0.5, 0.6) is 0 Å². The van der Waals surface area contributed by atoms with E-state index in [4.69, 9.17) is 0 Å². The fourth-order valence-electron chi connectivity index (χ4n) is 1.42. The van der Waals surface area contributed by atoms with E-state index >= 15 is 0 Å². The van der Waals surface area contributed by atoms with Crippen LogP contribution in [0, 0.1) is 5.41 Å².